The Hall–Kier alpha value is -5.08. The number of carbonyl (C=O) groups is 6. The summed E-state index contributed by atoms with van der Waals surface area (Å²) in [6, 6.07) is 22.7. The molecule has 3 aromatic rings. The zero-order chi connectivity index (χ0) is 46.1. The number of quaternary nitrogens is 1. The number of imide groups is 1. The van der Waals surface area contributed by atoms with Crippen molar-refractivity contribution in [3.05, 3.63) is 112 Å². The highest BCUT2D eigenvalue weighted by Crippen LogP contribution is 2.28. The lowest BCUT2D eigenvalue weighted by atomic mass is 9.98. The number of anilines is 1. The number of halogens is 2. The van der Waals surface area contributed by atoms with Crippen LogP contribution in [-0.4, -0.2) is 89.1 Å². The third-order valence-electron chi connectivity index (χ3n) is 12.1. The number of nitrogens with two attached hydrogens (primary N) is 1. The van der Waals surface area contributed by atoms with Crippen LogP contribution in [0.25, 0.3) is 0 Å². The second kappa shape index (κ2) is 24.8. The van der Waals surface area contributed by atoms with Crippen LogP contribution in [0.4, 0.5) is 5.69 Å². The van der Waals surface area contributed by atoms with Crippen LogP contribution in [0.15, 0.2) is 84.9 Å². The van der Waals surface area contributed by atoms with E-state index in [0.717, 1.165) is 67.6 Å². The lowest BCUT2D eigenvalue weighted by molar-refractivity contribution is -0.958. The summed E-state index contributed by atoms with van der Waals surface area (Å²) in [6.45, 7) is 8.50. The van der Waals surface area contributed by atoms with Gasteiger partial charge in [0.2, 0.25) is 23.6 Å². The van der Waals surface area contributed by atoms with Gasteiger partial charge in [0.25, 0.3) is 11.8 Å². The molecule has 64 heavy (non-hydrogen) atoms. The summed E-state index contributed by atoms with van der Waals surface area (Å²) in [4.78, 5) is 76.6. The number of hydrogen-bond donors (Lipinski definition) is 5. The Morgan fingerprint density at radius 3 is 2.08 bits per heavy atom. The van der Waals surface area contributed by atoms with Crippen molar-refractivity contribution in [2.45, 2.75) is 116 Å². The second-order valence-corrected chi connectivity index (χ2v) is 18.4. The number of nitrogens with zero attached hydrogens (tertiary/aromatic N) is 2. The molecule has 3 aromatic carbocycles. The molecule has 15 heteroatoms. The highest BCUT2D eigenvalue weighted by atomic mass is 35.5. The van der Waals surface area contributed by atoms with E-state index in [1.807, 2.05) is 56.3 Å². The SMILES string of the molecule is CC(C)[C@H](NC(=O)CCCCCN1C(=O)C=CC1=O)C(=O)N[C@@H](CCCCC(N)=O)C(=O)Nc1ccc(C[N+]2(Cc3ccccc3)CCC(NCCc3ccc(Cl)cc3Cl)CC2)cc1. The van der Waals surface area contributed by atoms with E-state index < -0.39 is 29.8 Å². The first-order valence-electron chi connectivity index (χ1n) is 22.6. The molecule has 1 saturated heterocycles. The summed E-state index contributed by atoms with van der Waals surface area (Å²) in [7, 11) is 0. The van der Waals surface area contributed by atoms with Gasteiger partial charge in [-0.15, -0.1) is 0 Å². The molecule has 2 aliphatic rings. The smallest absolute Gasteiger partial charge is 0.253 e. The van der Waals surface area contributed by atoms with Crippen molar-refractivity contribution in [1.82, 2.24) is 20.9 Å². The number of rotatable bonds is 25. The van der Waals surface area contributed by atoms with Crippen molar-refractivity contribution < 1.29 is 33.3 Å². The fourth-order valence-corrected chi connectivity index (χ4v) is 8.95. The van der Waals surface area contributed by atoms with Crippen molar-refractivity contribution >= 4 is 64.3 Å². The van der Waals surface area contributed by atoms with Gasteiger partial charge >= 0.3 is 0 Å². The average molecular weight is 918 g/mol. The van der Waals surface area contributed by atoms with Gasteiger partial charge in [-0.25, -0.2) is 0 Å². The Morgan fingerprint density at radius 2 is 1.44 bits per heavy atom. The molecular weight excluding hydrogens is 853 g/mol. The molecule has 0 unspecified atom stereocenters. The normalized spacial score (nSPS) is 18.2. The summed E-state index contributed by atoms with van der Waals surface area (Å²) in [5.74, 6) is -2.57. The molecule has 344 valence electrons. The summed E-state index contributed by atoms with van der Waals surface area (Å²) in [5.41, 5.74) is 9.47. The Kier molecular flexibility index (Phi) is 19.4. The van der Waals surface area contributed by atoms with Crippen molar-refractivity contribution in [3.63, 3.8) is 0 Å². The number of primary amides is 1. The third kappa shape index (κ3) is 15.9. The predicted octanol–water partition coefficient (Wildman–Crippen LogP) is 6.60. The molecule has 2 aliphatic heterocycles. The van der Waals surface area contributed by atoms with E-state index in [1.165, 1.54) is 22.6 Å². The van der Waals surface area contributed by atoms with Crippen LogP contribution in [0.2, 0.25) is 10.0 Å². The number of nitrogens with one attached hydrogen (secondary N) is 4. The minimum absolute atomic E-state index is 0.162. The van der Waals surface area contributed by atoms with Crippen molar-refractivity contribution in [1.29, 1.82) is 0 Å². The number of benzene rings is 3. The number of carbonyl (C=O) groups excluding carboxylic acids is 6. The van der Waals surface area contributed by atoms with E-state index in [2.05, 4.69) is 45.5 Å². The number of unbranched alkanes of at least 4 members (excludes halogenated alkanes) is 3. The van der Waals surface area contributed by atoms with E-state index >= 15 is 0 Å². The van der Waals surface area contributed by atoms with Gasteiger partial charge in [-0.1, -0.05) is 98.4 Å². The zero-order valence-corrected chi connectivity index (χ0v) is 38.6. The average Bonchev–Trinajstić information content (AvgIpc) is 3.58. The first-order chi connectivity index (χ1) is 30.7. The van der Waals surface area contributed by atoms with Gasteiger partial charge in [0.1, 0.15) is 25.2 Å². The minimum Gasteiger partial charge on any atom is -0.370 e. The summed E-state index contributed by atoms with van der Waals surface area (Å²) >= 11 is 12.5. The molecule has 0 spiro atoms. The zero-order valence-electron chi connectivity index (χ0n) is 37.1. The van der Waals surface area contributed by atoms with Gasteiger partial charge in [-0.2, -0.15) is 0 Å². The Balaban J connectivity index is 1.16. The van der Waals surface area contributed by atoms with Crippen LogP contribution >= 0.6 is 23.2 Å². The summed E-state index contributed by atoms with van der Waals surface area (Å²) < 4.78 is 0.908. The van der Waals surface area contributed by atoms with E-state index in [9.17, 15) is 28.8 Å². The highest BCUT2D eigenvalue weighted by Gasteiger charge is 2.35. The quantitative estimate of drug-likeness (QED) is 0.0361. The molecule has 0 aromatic heterocycles. The van der Waals surface area contributed by atoms with Gasteiger partial charge < -0.3 is 31.5 Å². The van der Waals surface area contributed by atoms with E-state index in [-0.39, 0.29) is 49.4 Å². The molecular formula is C49H64Cl2N7O6+. The van der Waals surface area contributed by atoms with E-state index in [0.29, 0.717) is 53.9 Å². The van der Waals surface area contributed by atoms with Gasteiger partial charge in [-0.05, 0) is 74.4 Å². The van der Waals surface area contributed by atoms with Crippen molar-refractivity contribution in [3.8, 4) is 0 Å². The minimum atomic E-state index is -0.929. The predicted molar refractivity (Wildman–Crippen MR) is 251 cm³/mol. The lowest BCUT2D eigenvalue weighted by Gasteiger charge is -2.44. The van der Waals surface area contributed by atoms with Crippen LogP contribution < -0.4 is 27.0 Å². The fourth-order valence-electron chi connectivity index (χ4n) is 8.45. The van der Waals surface area contributed by atoms with Gasteiger partial charge in [0.15, 0.2) is 0 Å². The van der Waals surface area contributed by atoms with Gasteiger partial charge in [-0.3, -0.25) is 33.7 Å². The molecule has 0 saturated carbocycles. The molecule has 1 fully saturated rings. The van der Waals surface area contributed by atoms with E-state index in [1.54, 1.807) is 6.07 Å². The maximum Gasteiger partial charge on any atom is 0.253 e. The Bertz CT molecular complexity index is 2070. The molecule has 0 bridgehead atoms. The number of hydrogen-bond acceptors (Lipinski definition) is 7. The highest BCUT2D eigenvalue weighted by molar-refractivity contribution is 6.35. The number of likely N-dealkylation sites (tertiary alicyclic amines) is 1. The summed E-state index contributed by atoms with van der Waals surface area (Å²) in [5, 5.41) is 13.8. The Morgan fingerprint density at radius 1 is 0.781 bits per heavy atom. The van der Waals surface area contributed by atoms with Crippen molar-refractivity contribution in [2.75, 3.05) is 31.5 Å². The molecule has 5 rings (SSSR count). The summed E-state index contributed by atoms with van der Waals surface area (Å²) in [6.07, 6.45) is 8.61. The van der Waals surface area contributed by atoms with E-state index in [4.69, 9.17) is 28.9 Å². The lowest BCUT2D eigenvalue weighted by Crippen LogP contribution is -2.55. The third-order valence-corrected chi connectivity index (χ3v) is 12.7. The molecule has 2 heterocycles. The van der Waals surface area contributed by atoms with Crippen molar-refractivity contribution in [2.24, 2.45) is 11.7 Å². The Labute approximate surface area is 387 Å². The first kappa shape index (κ1) is 49.9. The molecule has 6 amide bonds. The monoisotopic (exact) mass is 916 g/mol. The molecule has 0 radical (unpaired) electrons. The van der Waals surface area contributed by atoms with Crippen LogP contribution in [0.1, 0.15) is 94.7 Å². The number of piperidine rings is 1. The van der Waals surface area contributed by atoms with Gasteiger partial charge in [0.05, 0.1) is 13.1 Å². The fraction of sp³-hybridized carbons (Fsp3) is 0.469. The standard InChI is InChI=1S/C49H63Cl2N7O6/c1-34(2)47(56-44(60)15-7-4-10-28-57-45(61)22-23-46(57)62)49(64)55-42(13-8-9-14-43(52)59)48(63)54-40-20-16-36(17-21-40)33-58(32-35-11-5-3-6-12-35)29-25-39(26-30-58)53-27-24-37-18-19-38(50)31-41(37)51/h3,5-6,11-12,16-23,31,34,39,42,47,53H,4,7-10,13-15,24-30,32-33H2,1-2H3,(H4-,52,54,55,56,59,60,63,64)/p+1/t39?,42-,47-,58?/m0/s1. The molecule has 6 N–H and O–H groups in total. The first-order valence-corrected chi connectivity index (χ1v) is 23.3. The van der Waals surface area contributed by atoms with Crippen LogP contribution in [0.5, 0.6) is 0 Å². The van der Waals surface area contributed by atoms with Gasteiger partial charge in [0, 0.05) is 77.3 Å². The van der Waals surface area contributed by atoms with Crippen LogP contribution in [-0.2, 0) is 48.3 Å². The largest absolute Gasteiger partial charge is 0.370 e. The molecule has 2 atom stereocenters. The maximum absolute atomic E-state index is 13.8. The molecule has 13 nitrogen and oxygen atoms in total. The number of amides is 6. The van der Waals surface area contributed by atoms with Crippen LogP contribution in [0.3, 0.4) is 0 Å². The second-order valence-electron chi connectivity index (χ2n) is 17.5. The molecule has 0 aliphatic carbocycles. The maximum atomic E-state index is 13.8. The topological polar surface area (TPSA) is 180 Å². The van der Waals surface area contributed by atoms with Crippen LogP contribution in [0, 0.1) is 5.92 Å².